The molecule has 0 spiro atoms. The largest absolute Gasteiger partial charge is 0.356 e. The van der Waals surface area contributed by atoms with Gasteiger partial charge in [0.2, 0.25) is 0 Å². The Morgan fingerprint density at radius 3 is 2.61 bits per heavy atom. The molecule has 9 heteroatoms. The first kappa shape index (κ1) is 20.4. The van der Waals surface area contributed by atoms with Gasteiger partial charge in [-0.1, -0.05) is 5.16 Å². The Labute approximate surface area is 193 Å². The monoisotopic (exact) mass is 463 g/mol. The average Bonchev–Trinajstić information content (AvgIpc) is 3.48. The molecule has 3 aromatic heterocycles. The van der Waals surface area contributed by atoms with Crippen molar-refractivity contribution in [2.24, 2.45) is 5.73 Å². The van der Waals surface area contributed by atoms with Crippen LogP contribution in [0, 0.1) is 12.7 Å². The Balaban J connectivity index is 1.48. The second-order valence-corrected chi connectivity index (χ2v) is 9.90. The van der Waals surface area contributed by atoms with Crippen LogP contribution >= 0.6 is 11.3 Å². The predicted molar refractivity (Wildman–Crippen MR) is 123 cm³/mol. The van der Waals surface area contributed by atoms with Crippen LogP contribution in [0.5, 0.6) is 0 Å². The minimum absolute atomic E-state index is 0.0279. The second-order valence-electron chi connectivity index (χ2n) is 8.85. The van der Waals surface area contributed by atoms with Crippen molar-refractivity contribution < 1.29 is 13.7 Å². The van der Waals surface area contributed by atoms with Crippen LogP contribution in [0.25, 0.3) is 32.8 Å². The smallest absolute Gasteiger partial charge is 0.264 e. The van der Waals surface area contributed by atoms with E-state index in [0.29, 0.717) is 43.4 Å². The van der Waals surface area contributed by atoms with Crippen LogP contribution in [0.2, 0.25) is 0 Å². The van der Waals surface area contributed by atoms with Crippen molar-refractivity contribution >= 4 is 28.2 Å². The van der Waals surface area contributed by atoms with E-state index in [-0.39, 0.29) is 24.0 Å². The van der Waals surface area contributed by atoms with Crippen molar-refractivity contribution in [1.82, 2.24) is 20.0 Å². The number of thiophene rings is 1. The number of hydrogen-bond donors (Lipinski definition) is 1. The molecule has 6 rings (SSSR count). The predicted octanol–water partition coefficient (Wildman–Crippen LogP) is 4.56. The lowest BCUT2D eigenvalue weighted by Crippen LogP contribution is -2.49. The molecular formula is C24H22FN5O2S. The summed E-state index contributed by atoms with van der Waals surface area (Å²) in [4.78, 5) is 25.5. The third-order valence-electron chi connectivity index (χ3n) is 6.74. The lowest BCUT2D eigenvalue weighted by atomic mass is 9.98. The highest BCUT2D eigenvalue weighted by molar-refractivity contribution is 7.18. The lowest BCUT2D eigenvalue weighted by molar-refractivity contribution is 0.0580. The highest BCUT2D eigenvalue weighted by Gasteiger charge is 2.43. The molecule has 2 saturated heterocycles. The number of halogens is 1. The molecule has 1 amide bonds. The van der Waals surface area contributed by atoms with E-state index in [9.17, 15) is 4.79 Å². The third kappa shape index (κ3) is 3.34. The van der Waals surface area contributed by atoms with Gasteiger partial charge in [-0.05, 0) is 56.9 Å². The van der Waals surface area contributed by atoms with Gasteiger partial charge in [-0.15, -0.1) is 11.3 Å². The number of carbonyl (C=O) groups excluding carboxylic acids is 1. The van der Waals surface area contributed by atoms with Crippen molar-refractivity contribution in [2.45, 2.75) is 50.7 Å². The number of benzene rings is 1. The summed E-state index contributed by atoms with van der Waals surface area (Å²) in [7, 11) is 0. The Morgan fingerprint density at radius 2 is 1.88 bits per heavy atom. The van der Waals surface area contributed by atoms with E-state index in [2.05, 4.69) is 15.1 Å². The van der Waals surface area contributed by atoms with Crippen molar-refractivity contribution in [3.05, 3.63) is 53.0 Å². The molecule has 2 aliphatic rings. The molecule has 2 atom stereocenters. The van der Waals surface area contributed by atoms with Gasteiger partial charge in [-0.3, -0.25) is 4.79 Å². The zero-order valence-electron chi connectivity index (χ0n) is 18.0. The number of nitrogens with zero attached hydrogens (tertiary/aromatic N) is 4. The average molecular weight is 464 g/mol. The second kappa shape index (κ2) is 7.71. The molecule has 0 aliphatic carbocycles. The molecule has 5 heterocycles. The summed E-state index contributed by atoms with van der Waals surface area (Å²) in [6.07, 6.45) is 6.88. The van der Waals surface area contributed by atoms with Gasteiger partial charge in [-0.25, -0.2) is 14.4 Å². The summed E-state index contributed by atoms with van der Waals surface area (Å²) >= 11 is 1.27. The molecule has 4 aromatic rings. The van der Waals surface area contributed by atoms with Gasteiger partial charge in [0.15, 0.2) is 11.4 Å². The fourth-order valence-electron chi connectivity index (χ4n) is 5.23. The number of aromatic nitrogens is 3. The summed E-state index contributed by atoms with van der Waals surface area (Å²) < 4.78 is 20.7. The molecule has 2 aliphatic heterocycles. The molecule has 7 nitrogen and oxygen atoms in total. The summed E-state index contributed by atoms with van der Waals surface area (Å²) in [5.41, 5.74) is 8.28. The first-order valence-electron chi connectivity index (χ1n) is 11.0. The Hall–Kier alpha value is -3.17. The van der Waals surface area contributed by atoms with E-state index in [0.717, 1.165) is 25.7 Å². The van der Waals surface area contributed by atoms with Crippen molar-refractivity contribution in [3.8, 4) is 21.8 Å². The first-order valence-corrected chi connectivity index (χ1v) is 11.9. The summed E-state index contributed by atoms with van der Waals surface area (Å²) in [5, 5.41) is 4.57. The standard InChI is InChI=1S/C24H22FN5O2S/c1-12-16-9-19(25)17(10-20(16)32-29-12)22-18(23-27-5-2-6-28-23)11-21(33-22)24(31)30-14-3-4-15(30)8-13(26)7-14/h2,5-6,9-11,13-15H,3-4,7-8,26H2,1H3. The highest BCUT2D eigenvalue weighted by atomic mass is 32.1. The number of piperidine rings is 1. The Kier molecular flexibility index (Phi) is 4.77. The van der Waals surface area contributed by atoms with Gasteiger partial charge in [-0.2, -0.15) is 0 Å². The zero-order chi connectivity index (χ0) is 22.7. The molecule has 33 heavy (non-hydrogen) atoms. The van der Waals surface area contributed by atoms with E-state index in [4.69, 9.17) is 10.3 Å². The van der Waals surface area contributed by atoms with Crippen LogP contribution in [0.15, 0.2) is 41.2 Å². The first-order chi connectivity index (χ1) is 16.0. The SMILES string of the molecule is Cc1noc2cc(-c3sc(C(=O)N4C5CCC4CC(N)C5)cc3-c3ncccn3)c(F)cc12. The molecule has 2 unspecified atom stereocenters. The maximum atomic E-state index is 15.3. The van der Waals surface area contributed by atoms with Crippen molar-refractivity contribution in [1.29, 1.82) is 0 Å². The number of hydrogen-bond acceptors (Lipinski definition) is 7. The molecule has 1 aromatic carbocycles. The third-order valence-corrected chi connectivity index (χ3v) is 7.89. The Morgan fingerprint density at radius 1 is 1.15 bits per heavy atom. The molecule has 0 saturated carbocycles. The van der Waals surface area contributed by atoms with Gasteiger partial charge >= 0.3 is 0 Å². The number of nitrogens with two attached hydrogens (primary N) is 1. The summed E-state index contributed by atoms with van der Waals surface area (Å²) in [5.74, 6) is 0.00959. The number of rotatable bonds is 3. The van der Waals surface area contributed by atoms with E-state index in [1.54, 1.807) is 37.5 Å². The summed E-state index contributed by atoms with van der Waals surface area (Å²) in [6, 6.07) is 7.06. The highest BCUT2D eigenvalue weighted by Crippen LogP contribution is 2.43. The van der Waals surface area contributed by atoms with Crippen molar-refractivity contribution in [2.75, 3.05) is 0 Å². The normalized spacial score (nSPS) is 22.3. The topological polar surface area (TPSA) is 98.1 Å². The minimum atomic E-state index is -0.407. The zero-order valence-corrected chi connectivity index (χ0v) is 18.8. The molecule has 2 bridgehead atoms. The maximum absolute atomic E-state index is 15.3. The van der Waals surface area contributed by atoms with Crippen LogP contribution in [-0.2, 0) is 0 Å². The summed E-state index contributed by atoms with van der Waals surface area (Å²) in [6.45, 7) is 1.77. The molecule has 2 fully saturated rings. The number of aryl methyl sites for hydroxylation is 1. The van der Waals surface area contributed by atoms with Gasteiger partial charge in [0.1, 0.15) is 5.82 Å². The number of fused-ring (bicyclic) bond motifs is 3. The van der Waals surface area contributed by atoms with Crippen LogP contribution < -0.4 is 5.73 Å². The van der Waals surface area contributed by atoms with Crippen LogP contribution in [0.4, 0.5) is 4.39 Å². The molecule has 0 radical (unpaired) electrons. The van der Waals surface area contributed by atoms with E-state index >= 15 is 4.39 Å². The molecular weight excluding hydrogens is 441 g/mol. The van der Waals surface area contributed by atoms with Gasteiger partial charge in [0, 0.05) is 51.9 Å². The van der Waals surface area contributed by atoms with Gasteiger partial charge in [0.05, 0.1) is 10.6 Å². The minimum Gasteiger partial charge on any atom is -0.356 e. The Bertz CT molecular complexity index is 1350. The number of amides is 1. The van der Waals surface area contributed by atoms with Gasteiger partial charge in [0.25, 0.3) is 5.91 Å². The fourth-order valence-corrected chi connectivity index (χ4v) is 6.35. The van der Waals surface area contributed by atoms with Crippen molar-refractivity contribution in [3.63, 3.8) is 0 Å². The quantitative estimate of drug-likeness (QED) is 0.478. The van der Waals surface area contributed by atoms with Crippen LogP contribution in [-0.4, -0.2) is 44.1 Å². The lowest BCUT2D eigenvalue weighted by Gasteiger charge is -2.37. The van der Waals surface area contributed by atoms with E-state index in [1.807, 2.05) is 4.90 Å². The van der Waals surface area contributed by atoms with E-state index < -0.39 is 5.82 Å². The van der Waals surface area contributed by atoms with Crippen LogP contribution in [0.3, 0.4) is 0 Å². The van der Waals surface area contributed by atoms with E-state index in [1.165, 1.54) is 17.4 Å². The number of carbonyl (C=O) groups is 1. The maximum Gasteiger partial charge on any atom is 0.264 e. The van der Waals surface area contributed by atoms with Gasteiger partial charge < -0.3 is 15.2 Å². The molecule has 168 valence electrons. The van der Waals surface area contributed by atoms with Crippen LogP contribution in [0.1, 0.15) is 41.0 Å². The molecule has 2 N–H and O–H groups in total. The fraction of sp³-hybridized carbons (Fsp3) is 0.333.